The number of benzene rings is 3. The van der Waals surface area contributed by atoms with Crippen molar-refractivity contribution in [1.29, 1.82) is 0 Å². The second-order valence-corrected chi connectivity index (χ2v) is 9.50. The van der Waals surface area contributed by atoms with Crippen molar-refractivity contribution in [3.05, 3.63) is 88.5 Å². The SMILES string of the molecule is COc1cc2c(cc1OC)[C@H]1CCCC[C@H]1N=C2c1cccc(C(C)=NNC(=O)c2ccc(O)cc2)c1. The number of aromatic hydroxyl groups is 1. The lowest BCUT2D eigenvalue weighted by molar-refractivity contribution is 0.0955. The largest absolute Gasteiger partial charge is 0.508 e. The summed E-state index contributed by atoms with van der Waals surface area (Å²) in [7, 11) is 3.33. The molecule has 0 unspecified atom stereocenters. The Kier molecular flexibility index (Phi) is 6.95. The van der Waals surface area contributed by atoms with E-state index in [-0.39, 0.29) is 17.7 Å². The van der Waals surface area contributed by atoms with E-state index in [4.69, 9.17) is 14.5 Å². The number of hydrazone groups is 1. The Morgan fingerprint density at radius 2 is 1.70 bits per heavy atom. The van der Waals surface area contributed by atoms with Crippen LogP contribution in [0.15, 0.2) is 70.8 Å². The van der Waals surface area contributed by atoms with Crippen molar-refractivity contribution in [3.8, 4) is 17.2 Å². The first-order valence-corrected chi connectivity index (χ1v) is 12.6. The first-order valence-electron chi connectivity index (χ1n) is 12.6. The Bertz CT molecular complexity index is 1380. The maximum absolute atomic E-state index is 12.4. The van der Waals surface area contributed by atoms with Crippen molar-refractivity contribution < 1.29 is 19.4 Å². The van der Waals surface area contributed by atoms with Crippen LogP contribution in [-0.4, -0.2) is 42.7 Å². The molecule has 5 rings (SSSR count). The molecule has 0 spiro atoms. The van der Waals surface area contributed by atoms with Crippen molar-refractivity contribution >= 4 is 17.3 Å². The molecule has 190 valence electrons. The molecule has 37 heavy (non-hydrogen) atoms. The molecule has 2 aliphatic rings. The van der Waals surface area contributed by atoms with E-state index in [1.165, 1.54) is 30.5 Å². The molecule has 2 atom stereocenters. The quantitative estimate of drug-likeness (QED) is 0.350. The zero-order valence-electron chi connectivity index (χ0n) is 21.3. The van der Waals surface area contributed by atoms with Gasteiger partial charge in [0.2, 0.25) is 0 Å². The smallest absolute Gasteiger partial charge is 0.271 e. The molecule has 3 aromatic rings. The maximum Gasteiger partial charge on any atom is 0.271 e. The van der Waals surface area contributed by atoms with E-state index in [9.17, 15) is 9.90 Å². The fourth-order valence-corrected chi connectivity index (χ4v) is 5.27. The Morgan fingerprint density at radius 3 is 2.46 bits per heavy atom. The molecule has 0 radical (unpaired) electrons. The van der Waals surface area contributed by atoms with E-state index < -0.39 is 0 Å². The summed E-state index contributed by atoms with van der Waals surface area (Å²) < 4.78 is 11.3. The summed E-state index contributed by atoms with van der Waals surface area (Å²) in [5.41, 5.74) is 8.87. The number of methoxy groups -OCH3 is 2. The van der Waals surface area contributed by atoms with Crippen LogP contribution >= 0.6 is 0 Å². The molecule has 1 heterocycles. The monoisotopic (exact) mass is 497 g/mol. The van der Waals surface area contributed by atoms with Gasteiger partial charge in [-0.2, -0.15) is 5.10 Å². The molecule has 1 aliphatic carbocycles. The van der Waals surface area contributed by atoms with E-state index in [1.807, 2.05) is 25.1 Å². The molecule has 0 bridgehead atoms. The van der Waals surface area contributed by atoms with E-state index in [0.717, 1.165) is 41.0 Å². The summed E-state index contributed by atoms with van der Waals surface area (Å²) >= 11 is 0. The van der Waals surface area contributed by atoms with Gasteiger partial charge in [-0.15, -0.1) is 0 Å². The zero-order chi connectivity index (χ0) is 25.9. The van der Waals surface area contributed by atoms with E-state index in [0.29, 0.717) is 22.9 Å². The highest BCUT2D eigenvalue weighted by molar-refractivity contribution is 6.16. The van der Waals surface area contributed by atoms with Gasteiger partial charge in [0.1, 0.15) is 5.75 Å². The normalized spacial score (nSPS) is 18.8. The van der Waals surface area contributed by atoms with Gasteiger partial charge in [-0.1, -0.05) is 31.0 Å². The molecule has 1 fully saturated rings. The predicted octanol–water partition coefficient (Wildman–Crippen LogP) is 5.44. The molecular formula is C30H31N3O4. The maximum atomic E-state index is 12.4. The van der Waals surface area contributed by atoms with Gasteiger partial charge in [-0.25, -0.2) is 5.43 Å². The molecule has 1 aliphatic heterocycles. The topological polar surface area (TPSA) is 92.5 Å². The number of phenols is 1. The second kappa shape index (κ2) is 10.5. The highest BCUT2D eigenvalue weighted by Gasteiger charge is 2.34. The van der Waals surface area contributed by atoms with E-state index in [2.05, 4.69) is 28.7 Å². The fraction of sp³-hybridized carbons (Fsp3) is 0.300. The van der Waals surface area contributed by atoms with Crippen LogP contribution in [0.3, 0.4) is 0 Å². The van der Waals surface area contributed by atoms with Crippen molar-refractivity contribution in [3.63, 3.8) is 0 Å². The van der Waals surface area contributed by atoms with Gasteiger partial charge in [-0.05, 0) is 73.4 Å². The molecule has 0 aromatic heterocycles. The minimum atomic E-state index is -0.342. The van der Waals surface area contributed by atoms with Crippen molar-refractivity contribution in [1.82, 2.24) is 5.43 Å². The van der Waals surface area contributed by atoms with Crippen molar-refractivity contribution in [2.45, 2.75) is 44.6 Å². The van der Waals surface area contributed by atoms with Gasteiger partial charge in [0, 0.05) is 22.6 Å². The number of ether oxygens (including phenoxy) is 2. The van der Waals surface area contributed by atoms with Crippen LogP contribution in [0.1, 0.15) is 71.1 Å². The molecule has 3 aromatic carbocycles. The number of fused-ring (bicyclic) bond motifs is 3. The standard InChI is InChI=1S/C30H31N3O4/c1-18(32-33-30(35)19-11-13-22(34)14-12-19)20-7-6-8-21(15-20)29-25-17-28(37-3)27(36-2)16-24(25)23-9-4-5-10-26(23)31-29/h6-8,11-17,23,26,34H,4-5,9-10H2,1-3H3,(H,33,35)/t23-,26-/m1/s1. The number of hydrogen-bond donors (Lipinski definition) is 2. The minimum Gasteiger partial charge on any atom is -0.508 e. The van der Waals surface area contributed by atoms with E-state index >= 15 is 0 Å². The summed E-state index contributed by atoms with van der Waals surface area (Å²) in [6.07, 6.45) is 4.59. The molecule has 7 heteroatoms. The van der Waals surface area contributed by atoms with Gasteiger partial charge in [-0.3, -0.25) is 9.79 Å². The number of phenolic OH excluding ortho intramolecular Hbond substituents is 1. The highest BCUT2D eigenvalue weighted by Crippen LogP contribution is 2.44. The molecule has 7 nitrogen and oxygen atoms in total. The van der Waals surface area contributed by atoms with Crippen molar-refractivity contribution in [2.24, 2.45) is 10.1 Å². The van der Waals surface area contributed by atoms with Crippen molar-refractivity contribution in [2.75, 3.05) is 14.2 Å². The number of amides is 1. The summed E-state index contributed by atoms with van der Waals surface area (Å²) in [5.74, 6) is 1.58. The molecular weight excluding hydrogens is 466 g/mol. The molecule has 1 amide bonds. The number of hydrogen-bond acceptors (Lipinski definition) is 6. The highest BCUT2D eigenvalue weighted by atomic mass is 16.5. The van der Waals surface area contributed by atoms with E-state index in [1.54, 1.807) is 26.4 Å². The average Bonchev–Trinajstić information content (AvgIpc) is 2.94. The van der Waals surface area contributed by atoms with Gasteiger partial charge >= 0.3 is 0 Å². The Hall–Kier alpha value is -4.13. The van der Waals surface area contributed by atoms with Crippen LogP contribution in [-0.2, 0) is 0 Å². The fourth-order valence-electron chi connectivity index (χ4n) is 5.27. The third kappa shape index (κ3) is 4.94. The summed E-state index contributed by atoms with van der Waals surface area (Å²) in [6, 6.07) is 18.6. The Morgan fingerprint density at radius 1 is 0.973 bits per heavy atom. The third-order valence-electron chi connectivity index (χ3n) is 7.24. The minimum absolute atomic E-state index is 0.107. The molecule has 1 saturated carbocycles. The lowest BCUT2D eigenvalue weighted by atomic mass is 9.75. The average molecular weight is 498 g/mol. The lowest BCUT2D eigenvalue weighted by Gasteiger charge is -2.35. The van der Waals surface area contributed by atoms with Crippen LogP contribution in [0.4, 0.5) is 0 Å². The van der Waals surface area contributed by atoms with Crippen LogP contribution in [0.5, 0.6) is 17.2 Å². The summed E-state index contributed by atoms with van der Waals surface area (Å²) in [6.45, 7) is 1.86. The predicted molar refractivity (Wildman–Crippen MR) is 144 cm³/mol. The first kappa shape index (κ1) is 24.6. The summed E-state index contributed by atoms with van der Waals surface area (Å²) in [5, 5.41) is 13.8. The molecule has 2 N–H and O–H groups in total. The lowest BCUT2D eigenvalue weighted by Crippen LogP contribution is -2.29. The molecule has 0 saturated heterocycles. The Balaban J connectivity index is 1.48. The first-order chi connectivity index (χ1) is 18.0. The van der Waals surface area contributed by atoms with Gasteiger partial charge in [0.05, 0.1) is 31.7 Å². The number of carbonyl (C=O) groups excluding carboxylic acids is 1. The Labute approximate surface area is 216 Å². The third-order valence-corrected chi connectivity index (χ3v) is 7.24. The zero-order valence-corrected chi connectivity index (χ0v) is 21.3. The van der Waals surface area contributed by atoms with Gasteiger partial charge in [0.15, 0.2) is 11.5 Å². The second-order valence-electron chi connectivity index (χ2n) is 9.50. The van der Waals surface area contributed by atoms with Crippen LogP contribution in [0.2, 0.25) is 0 Å². The van der Waals surface area contributed by atoms with Gasteiger partial charge < -0.3 is 14.6 Å². The number of nitrogens with one attached hydrogen (secondary N) is 1. The van der Waals surface area contributed by atoms with Crippen LogP contribution in [0, 0.1) is 0 Å². The number of aliphatic imine (C=N–C) groups is 1. The van der Waals surface area contributed by atoms with Gasteiger partial charge in [0.25, 0.3) is 5.91 Å². The number of nitrogens with zero attached hydrogens (tertiary/aromatic N) is 2. The summed E-state index contributed by atoms with van der Waals surface area (Å²) in [4.78, 5) is 17.7. The van der Waals surface area contributed by atoms with Crippen LogP contribution < -0.4 is 14.9 Å². The van der Waals surface area contributed by atoms with Crippen LogP contribution in [0.25, 0.3) is 0 Å². The number of carbonyl (C=O) groups is 1. The number of rotatable bonds is 6.